The fourth-order valence-corrected chi connectivity index (χ4v) is 2.06. The molecule has 1 aromatic rings. The first-order chi connectivity index (χ1) is 14.6. The Labute approximate surface area is 193 Å². The molecule has 0 saturated heterocycles. The first kappa shape index (κ1) is 30.1. The minimum Gasteiger partial charge on any atom is -0.341 e. The molecule has 15 heteroatoms. The summed E-state index contributed by atoms with van der Waals surface area (Å²) in [4.78, 5) is 29.5. The number of hydrogen-bond donors (Lipinski definition) is 1. The normalized spacial score (nSPS) is 12.1. The highest BCUT2D eigenvalue weighted by Gasteiger charge is 2.12. The van der Waals surface area contributed by atoms with Gasteiger partial charge in [-0.15, -0.1) is 0 Å². The molecule has 1 unspecified atom stereocenters. The van der Waals surface area contributed by atoms with Gasteiger partial charge >= 0.3 is 0 Å². The molecule has 1 N–H and O–H groups in total. The van der Waals surface area contributed by atoms with Crippen LogP contribution in [0.25, 0.3) is 0 Å². The number of anilines is 2. The van der Waals surface area contributed by atoms with Gasteiger partial charge in [0.25, 0.3) is 0 Å². The Balaban J connectivity index is 0.00000118. The summed E-state index contributed by atoms with van der Waals surface area (Å²) < 4.78 is 37.7. The molecule has 0 spiro atoms. The molecule has 1 rings (SSSR count). The van der Waals surface area contributed by atoms with E-state index in [9.17, 15) is 17.4 Å². The Bertz CT molecular complexity index is 853. The quantitative estimate of drug-likeness (QED) is 0.371. The van der Waals surface area contributed by atoms with Crippen molar-refractivity contribution >= 4 is 38.9 Å². The summed E-state index contributed by atoms with van der Waals surface area (Å²) in [5.74, 6) is 1.62. The number of carbonyl (C=O) groups is 1. The van der Waals surface area contributed by atoms with E-state index in [1.165, 1.54) is 27.3 Å². The van der Waals surface area contributed by atoms with E-state index in [0.29, 0.717) is 44.2 Å². The Kier molecular flexibility index (Phi) is 13.4. The number of nitrogens with one attached hydrogen (secondary N) is 1. The predicted octanol–water partition coefficient (Wildman–Crippen LogP) is -1.15. The Morgan fingerprint density at radius 1 is 1.03 bits per heavy atom. The van der Waals surface area contributed by atoms with E-state index in [2.05, 4.69) is 20.3 Å². The molecule has 0 aromatic carbocycles. The van der Waals surface area contributed by atoms with E-state index in [0.717, 1.165) is 10.6 Å². The molecule has 1 aromatic heterocycles. The molecular weight excluding hydrogens is 460 g/mol. The molecule has 13 nitrogen and oxygen atoms in total. The van der Waals surface area contributed by atoms with E-state index < -0.39 is 21.1 Å². The van der Waals surface area contributed by atoms with E-state index in [4.69, 9.17) is 4.18 Å². The molecule has 1 heterocycles. The van der Waals surface area contributed by atoms with Crippen LogP contribution in [0.5, 0.6) is 0 Å². The van der Waals surface area contributed by atoms with E-state index in [1.807, 2.05) is 23.9 Å². The van der Waals surface area contributed by atoms with Gasteiger partial charge in [0.2, 0.25) is 27.8 Å². The highest BCUT2D eigenvalue weighted by molar-refractivity contribution is 7.88. The topological polar surface area (TPSA) is 141 Å². The van der Waals surface area contributed by atoms with Gasteiger partial charge < -0.3 is 14.7 Å². The smallest absolute Gasteiger partial charge is 0.231 e. The van der Waals surface area contributed by atoms with Crippen LogP contribution in [-0.2, 0) is 30.1 Å². The minimum absolute atomic E-state index is 0.00898. The van der Waals surface area contributed by atoms with Gasteiger partial charge in [-0.3, -0.25) is 14.3 Å². The van der Waals surface area contributed by atoms with E-state index in [1.54, 1.807) is 18.9 Å². The summed E-state index contributed by atoms with van der Waals surface area (Å²) in [5, 5.41) is 3.14. The molecule has 186 valence electrons. The number of aryl methyl sites for hydroxylation is 1. The Morgan fingerprint density at radius 3 is 1.97 bits per heavy atom. The summed E-state index contributed by atoms with van der Waals surface area (Å²) in [6.07, 6.45) is 2.64. The lowest BCUT2D eigenvalue weighted by Gasteiger charge is -2.23. The van der Waals surface area contributed by atoms with Crippen LogP contribution >= 0.6 is 0 Å². The van der Waals surface area contributed by atoms with Crippen molar-refractivity contribution in [1.82, 2.24) is 29.5 Å². The van der Waals surface area contributed by atoms with Crippen molar-refractivity contribution in [3.63, 3.8) is 0 Å². The largest absolute Gasteiger partial charge is 0.341 e. The molecule has 32 heavy (non-hydrogen) atoms. The second-order valence-electron chi connectivity index (χ2n) is 7.15. The second-order valence-corrected chi connectivity index (χ2v) is 10.4. The highest BCUT2D eigenvalue weighted by atomic mass is 32.2. The number of aromatic nitrogens is 3. The molecule has 0 radical (unpaired) electrons. The van der Waals surface area contributed by atoms with Crippen molar-refractivity contribution in [2.24, 2.45) is 0 Å². The van der Waals surface area contributed by atoms with Crippen LogP contribution in [0, 0.1) is 6.92 Å². The third-order valence-electron chi connectivity index (χ3n) is 3.98. The van der Waals surface area contributed by atoms with Crippen molar-refractivity contribution < 1.29 is 21.6 Å². The summed E-state index contributed by atoms with van der Waals surface area (Å²) in [6.45, 7) is 5.04. The number of likely N-dealkylation sites (N-methyl/N-ethyl adjacent to an activating group) is 1. The van der Waals surface area contributed by atoms with Crippen LogP contribution in [0.1, 0.15) is 12.7 Å². The average Bonchev–Trinajstić information content (AvgIpc) is 2.66. The van der Waals surface area contributed by atoms with E-state index in [-0.39, 0.29) is 5.91 Å². The van der Waals surface area contributed by atoms with Crippen LogP contribution < -0.4 is 15.1 Å². The zero-order chi connectivity index (χ0) is 25.1. The molecule has 0 aliphatic rings. The fraction of sp³-hybridized carbons (Fsp3) is 0.765. The van der Waals surface area contributed by atoms with Crippen molar-refractivity contribution in [3.05, 3.63) is 5.82 Å². The number of rotatable bonds is 11. The average molecular weight is 497 g/mol. The zero-order valence-electron chi connectivity index (χ0n) is 20.3. The fourth-order valence-electron chi connectivity index (χ4n) is 1.75. The third-order valence-corrected chi connectivity index (χ3v) is 5.81. The van der Waals surface area contributed by atoms with Crippen LogP contribution in [0.2, 0.25) is 0 Å². The summed E-state index contributed by atoms with van der Waals surface area (Å²) in [6, 6.07) is 0. The Hall–Kier alpha value is -1.94. The first-order valence-electron chi connectivity index (χ1n) is 9.56. The summed E-state index contributed by atoms with van der Waals surface area (Å²) >= 11 is -1.29. The van der Waals surface area contributed by atoms with Gasteiger partial charge in [0.05, 0.1) is 26.2 Å². The predicted molar refractivity (Wildman–Crippen MR) is 126 cm³/mol. The molecule has 0 bridgehead atoms. The second kappa shape index (κ2) is 14.3. The van der Waals surface area contributed by atoms with Crippen molar-refractivity contribution in [2.45, 2.75) is 13.8 Å². The maximum Gasteiger partial charge on any atom is 0.231 e. The summed E-state index contributed by atoms with van der Waals surface area (Å²) in [7, 11) is 5.49. The van der Waals surface area contributed by atoms with Gasteiger partial charge in [-0.05, 0) is 6.92 Å². The monoisotopic (exact) mass is 496 g/mol. The molecular formula is C17H36N8O5S2. The van der Waals surface area contributed by atoms with Crippen LogP contribution in [0.15, 0.2) is 0 Å². The lowest BCUT2D eigenvalue weighted by atomic mass is 10.6. The SMILES string of the molecule is CC(=O)N(C)CNCN(C)c1nc(C)nc(N(C)CCOS(C)=O)n1.CN(C)S(C)(=O)=O. The summed E-state index contributed by atoms with van der Waals surface area (Å²) in [5.41, 5.74) is 0. The number of carbonyl (C=O) groups excluding carboxylic acids is 1. The third kappa shape index (κ3) is 12.8. The maximum absolute atomic E-state index is 11.2. The minimum atomic E-state index is -2.91. The van der Waals surface area contributed by atoms with Crippen LogP contribution in [-0.4, -0.2) is 117 Å². The van der Waals surface area contributed by atoms with Gasteiger partial charge in [0.1, 0.15) is 5.82 Å². The zero-order valence-corrected chi connectivity index (χ0v) is 21.9. The van der Waals surface area contributed by atoms with Gasteiger partial charge in [-0.25, -0.2) is 16.9 Å². The molecule has 0 aliphatic carbocycles. The number of hydrogen-bond acceptors (Lipinski definition) is 11. The van der Waals surface area contributed by atoms with Crippen LogP contribution in [0.4, 0.5) is 11.9 Å². The van der Waals surface area contributed by atoms with Gasteiger partial charge in [0.15, 0.2) is 11.1 Å². The van der Waals surface area contributed by atoms with Gasteiger partial charge in [0, 0.05) is 55.0 Å². The Morgan fingerprint density at radius 2 is 1.53 bits per heavy atom. The molecule has 1 atom stereocenters. The van der Waals surface area contributed by atoms with Crippen molar-refractivity contribution in [1.29, 1.82) is 0 Å². The molecule has 0 aliphatic heterocycles. The van der Waals surface area contributed by atoms with Crippen LogP contribution in [0.3, 0.4) is 0 Å². The lowest BCUT2D eigenvalue weighted by Crippen LogP contribution is -2.40. The molecule has 1 amide bonds. The molecule has 0 saturated carbocycles. The van der Waals surface area contributed by atoms with Gasteiger partial charge in [-0.2, -0.15) is 15.0 Å². The van der Waals surface area contributed by atoms with Gasteiger partial charge in [-0.1, -0.05) is 0 Å². The lowest BCUT2D eigenvalue weighted by molar-refractivity contribution is -0.127. The number of amides is 1. The maximum atomic E-state index is 11.2. The molecule has 0 fully saturated rings. The van der Waals surface area contributed by atoms with Crippen molar-refractivity contribution in [3.8, 4) is 0 Å². The highest BCUT2D eigenvalue weighted by Crippen LogP contribution is 2.11. The number of sulfonamides is 1. The van der Waals surface area contributed by atoms with E-state index >= 15 is 0 Å². The standard InChI is InChI=1S/C14H27N7O3S.C3H9NO2S/c1-11-16-13(19(3)7-8-24-25(6)23)18-14(17-11)21(5)10-15-9-20(4)12(2)22;1-4(2)7(3,5)6/h15H,7-10H2,1-6H3;1-3H3. The van der Waals surface area contributed by atoms with Crippen molar-refractivity contribution in [2.75, 3.05) is 84.0 Å². The number of nitrogens with zero attached hydrogens (tertiary/aromatic N) is 7. The first-order valence-corrected chi connectivity index (χ1v) is 12.9.